The van der Waals surface area contributed by atoms with Gasteiger partial charge in [0.25, 0.3) is 0 Å². The first-order valence-electron chi connectivity index (χ1n) is 9.12. The average molecular weight is 442 g/mol. The number of urea groups is 1. The Bertz CT molecular complexity index is 756. The van der Waals surface area contributed by atoms with E-state index in [1.807, 2.05) is 12.1 Å². The maximum absolute atomic E-state index is 12.2. The standard InChI is InChI=1S/C20H25Cl2N3O4/c21-8-10-25(11-9-22)17-6-4-15(5-7-17)23-20(28)24-16-2-1-3-19(12-16)29-14-18(27)13-26/h1-7,12,18,26-27H,8-11,13-14H2,(H2,23,24,28). The van der Waals surface area contributed by atoms with Gasteiger partial charge in [-0.15, -0.1) is 23.2 Å². The Morgan fingerprint density at radius 1 is 1.03 bits per heavy atom. The number of anilines is 3. The monoisotopic (exact) mass is 441 g/mol. The van der Waals surface area contributed by atoms with Gasteiger partial charge < -0.3 is 30.5 Å². The Morgan fingerprint density at radius 2 is 1.69 bits per heavy atom. The fourth-order valence-corrected chi connectivity index (χ4v) is 2.94. The van der Waals surface area contributed by atoms with E-state index >= 15 is 0 Å². The molecule has 2 rings (SSSR count). The van der Waals surface area contributed by atoms with Gasteiger partial charge in [-0.05, 0) is 36.4 Å². The summed E-state index contributed by atoms with van der Waals surface area (Å²) in [5.74, 6) is 1.47. The first kappa shape index (κ1) is 23.1. The molecule has 2 aromatic carbocycles. The number of ether oxygens (including phenoxy) is 1. The van der Waals surface area contributed by atoms with Crippen molar-refractivity contribution in [3.05, 3.63) is 48.5 Å². The van der Waals surface area contributed by atoms with Gasteiger partial charge in [-0.2, -0.15) is 0 Å². The molecule has 0 saturated heterocycles. The molecule has 4 N–H and O–H groups in total. The largest absolute Gasteiger partial charge is 0.491 e. The van der Waals surface area contributed by atoms with E-state index in [2.05, 4.69) is 15.5 Å². The lowest BCUT2D eigenvalue weighted by atomic mass is 10.2. The lowest BCUT2D eigenvalue weighted by Crippen LogP contribution is -2.27. The molecule has 29 heavy (non-hydrogen) atoms. The molecule has 0 aliphatic rings. The molecule has 158 valence electrons. The quantitative estimate of drug-likeness (QED) is 0.401. The molecule has 0 saturated carbocycles. The van der Waals surface area contributed by atoms with E-state index in [9.17, 15) is 9.90 Å². The first-order valence-corrected chi connectivity index (χ1v) is 10.2. The van der Waals surface area contributed by atoms with Crippen molar-refractivity contribution in [2.45, 2.75) is 6.10 Å². The minimum atomic E-state index is -0.956. The van der Waals surface area contributed by atoms with Crippen LogP contribution in [0.3, 0.4) is 0 Å². The number of carbonyl (C=O) groups excluding carboxylic acids is 1. The molecule has 0 spiro atoms. The summed E-state index contributed by atoms with van der Waals surface area (Å²) < 4.78 is 5.37. The molecule has 0 heterocycles. The lowest BCUT2D eigenvalue weighted by molar-refractivity contribution is 0.0536. The molecule has 2 amide bonds. The highest BCUT2D eigenvalue weighted by atomic mass is 35.5. The van der Waals surface area contributed by atoms with Crippen LogP contribution >= 0.6 is 23.2 Å². The second-order valence-corrected chi connectivity index (χ2v) is 6.92. The molecule has 0 bridgehead atoms. The molecule has 9 heteroatoms. The summed E-state index contributed by atoms with van der Waals surface area (Å²) in [6.45, 7) is 0.960. The van der Waals surface area contributed by atoms with Crippen LogP contribution in [0.4, 0.5) is 21.9 Å². The van der Waals surface area contributed by atoms with Gasteiger partial charge in [0.05, 0.1) is 6.61 Å². The van der Waals surface area contributed by atoms with Crippen LogP contribution < -0.4 is 20.3 Å². The third-order valence-corrected chi connectivity index (χ3v) is 4.28. The van der Waals surface area contributed by atoms with Crippen molar-refractivity contribution in [1.29, 1.82) is 0 Å². The van der Waals surface area contributed by atoms with Crippen molar-refractivity contribution in [1.82, 2.24) is 0 Å². The van der Waals surface area contributed by atoms with Crippen molar-refractivity contribution >= 4 is 46.3 Å². The topological polar surface area (TPSA) is 94.1 Å². The predicted molar refractivity (Wildman–Crippen MR) is 118 cm³/mol. The third-order valence-electron chi connectivity index (χ3n) is 3.94. The number of amides is 2. The number of carbonyl (C=O) groups is 1. The van der Waals surface area contributed by atoms with E-state index in [0.29, 0.717) is 42.0 Å². The highest BCUT2D eigenvalue weighted by Gasteiger charge is 2.08. The normalized spacial score (nSPS) is 11.6. The fourth-order valence-electron chi connectivity index (χ4n) is 2.53. The molecule has 0 fully saturated rings. The Balaban J connectivity index is 1.92. The second-order valence-electron chi connectivity index (χ2n) is 6.17. The van der Waals surface area contributed by atoms with E-state index in [4.69, 9.17) is 33.0 Å². The molecule has 1 atom stereocenters. The zero-order valence-corrected chi connectivity index (χ0v) is 17.4. The number of hydrogen-bond acceptors (Lipinski definition) is 5. The van der Waals surface area contributed by atoms with Gasteiger partial charge in [0.1, 0.15) is 18.5 Å². The zero-order valence-electron chi connectivity index (χ0n) is 15.9. The van der Waals surface area contributed by atoms with Crippen molar-refractivity contribution in [3.63, 3.8) is 0 Å². The molecule has 0 aromatic heterocycles. The number of nitrogens with zero attached hydrogens (tertiary/aromatic N) is 1. The Morgan fingerprint density at radius 3 is 2.31 bits per heavy atom. The van der Waals surface area contributed by atoms with Crippen LogP contribution in [0, 0.1) is 0 Å². The Kier molecular flexibility index (Phi) is 9.87. The van der Waals surface area contributed by atoms with Gasteiger partial charge in [0.15, 0.2) is 0 Å². The molecule has 7 nitrogen and oxygen atoms in total. The highest BCUT2D eigenvalue weighted by molar-refractivity contribution is 6.18. The number of nitrogens with one attached hydrogen (secondary N) is 2. The Labute approximate surface area is 180 Å². The first-order chi connectivity index (χ1) is 14.0. The minimum Gasteiger partial charge on any atom is -0.491 e. The number of alkyl halides is 2. The van der Waals surface area contributed by atoms with Gasteiger partial charge >= 0.3 is 6.03 Å². The van der Waals surface area contributed by atoms with E-state index in [0.717, 1.165) is 5.69 Å². The van der Waals surface area contributed by atoms with Gasteiger partial charge in [0.2, 0.25) is 0 Å². The van der Waals surface area contributed by atoms with Crippen LogP contribution in [0.25, 0.3) is 0 Å². The van der Waals surface area contributed by atoms with Crippen LogP contribution in [0.15, 0.2) is 48.5 Å². The van der Waals surface area contributed by atoms with Crippen molar-refractivity contribution in [3.8, 4) is 5.75 Å². The van der Waals surface area contributed by atoms with Gasteiger partial charge in [-0.1, -0.05) is 6.07 Å². The summed E-state index contributed by atoms with van der Waals surface area (Å²) in [5, 5.41) is 23.6. The fraction of sp³-hybridized carbons (Fsp3) is 0.350. The molecule has 0 aliphatic carbocycles. The molecule has 0 aliphatic heterocycles. The third kappa shape index (κ3) is 7.98. The molecule has 1 unspecified atom stereocenters. The number of benzene rings is 2. The van der Waals surface area contributed by atoms with Gasteiger partial charge in [-0.3, -0.25) is 0 Å². The van der Waals surface area contributed by atoms with Crippen LogP contribution in [-0.4, -0.2) is 60.4 Å². The van der Waals surface area contributed by atoms with Crippen LogP contribution in [0.2, 0.25) is 0 Å². The second kappa shape index (κ2) is 12.4. The molecular formula is C20H25Cl2N3O4. The number of rotatable bonds is 11. The predicted octanol–water partition coefficient (Wildman–Crippen LogP) is 3.35. The number of aliphatic hydroxyl groups is 2. The summed E-state index contributed by atoms with van der Waals surface area (Å²) in [6, 6.07) is 13.8. The number of hydrogen-bond donors (Lipinski definition) is 4. The summed E-state index contributed by atoms with van der Waals surface area (Å²) in [4.78, 5) is 14.3. The summed E-state index contributed by atoms with van der Waals surface area (Å²) in [5.41, 5.74) is 2.15. The van der Waals surface area contributed by atoms with Crippen LogP contribution in [0.1, 0.15) is 0 Å². The maximum atomic E-state index is 12.2. The highest BCUT2D eigenvalue weighted by Crippen LogP contribution is 2.20. The van der Waals surface area contributed by atoms with E-state index in [1.165, 1.54) is 0 Å². The zero-order chi connectivity index (χ0) is 21.1. The molecular weight excluding hydrogens is 417 g/mol. The summed E-state index contributed by atoms with van der Waals surface area (Å²) in [7, 11) is 0. The minimum absolute atomic E-state index is 0.0387. The van der Waals surface area contributed by atoms with Crippen molar-refractivity contribution < 1.29 is 19.7 Å². The Hall–Kier alpha value is -2.19. The maximum Gasteiger partial charge on any atom is 0.323 e. The number of halogens is 2. The van der Waals surface area contributed by atoms with E-state index in [1.54, 1.807) is 36.4 Å². The van der Waals surface area contributed by atoms with Crippen molar-refractivity contribution in [2.24, 2.45) is 0 Å². The van der Waals surface area contributed by atoms with Crippen LogP contribution in [-0.2, 0) is 0 Å². The molecule has 2 aromatic rings. The lowest BCUT2D eigenvalue weighted by Gasteiger charge is -2.23. The van der Waals surface area contributed by atoms with E-state index < -0.39 is 12.1 Å². The average Bonchev–Trinajstić information content (AvgIpc) is 2.72. The summed E-state index contributed by atoms with van der Waals surface area (Å²) >= 11 is 11.7. The number of aliphatic hydroxyl groups excluding tert-OH is 2. The van der Waals surface area contributed by atoms with Crippen molar-refractivity contribution in [2.75, 3.05) is 53.6 Å². The smallest absolute Gasteiger partial charge is 0.323 e. The SMILES string of the molecule is O=C(Nc1ccc(N(CCCl)CCCl)cc1)Nc1cccc(OCC(O)CO)c1. The molecule has 0 radical (unpaired) electrons. The van der Waals surface area contributed by atoms with Gasteiger partial charge in [-0.25, -0.2) is 4.79 Å². The van der Waals surface area contributed by atoms with E-state index in [-0.39, 0.29) is 13.2 Å². The summed E-state index contributed by atoms with van der Waals surface area (Å²) in [6.07, 6.45) is -0.956. The van der Waals surface area contributed by atoms with Crippen LogP contribution in [0.5, 0.6) is 5.75 Å². The van der Waals surface area contributed by atoms with Gasteiger partial charge in [0, 0.05) is 48.0 Å².